The van der Waals surface area contributed by atoms with Gasteiger partial charge in [-0.25, -0.2) is 9.48 Å². The number of benzene rings is 1. The lowest BCUT2D eigenvalue weighted by Crippen LogP contribution is -2.56. The van der Waals surface area contributed by atoms with Crippen molar-refractivity contribution in [2.75, 3.05) is 31.6 Å². The Morgan fingerprint density at radius 3 is 2.92 bits per heavy atom. The highest BCUT2D eigenvalue weighted by Crippen LogP contribution is 2.22. The molecule has 192 valence electrons. The molecule has 0 spiro atoms. The number of alkyl carbamates (subject to hydrolysis) is 1. The van der Waals surface area contributed by atoms with Gasteiger partial charge in [0.15, 0.2) is 0 Å². The average Bonchev–Trinajstić information content (AvgIpc) is 3.54. The van der Waals surface area contributed by atoms with Crippen molar-refractivity contribution in [3.8, 4) is 12.3 Å². The van der Waals surface area contributed by atoms with Crippen LogP contribution in [-0.4, -0.2) is 81.6 Å². The average molecular weight is 496 g/mol. The van der Waals surface area contributed by atoms with Crippen LogP contribution in [0, 0.1) is 12.3 Å². The van der Waals surface area contributed by atoms with Crippen molar-refractivity contribution in [2.45, 2.75) is 50.9 Å². The number of nitrogens with one attached hydrogen (secondary N) is 2. The van der Waals surface area contributed by atoms with Gasteiger partial charge in [0.1, 0.15) is 19.3 Å². The minimum Gasteiger partial charge on any atom is -0.445 e. The van der Waals surface area contributed by atoms with Gasteiger partial charge in [0.05, 0.1) is 18.7 Å². The molecule has 1 aliphatic rings. The molecule has 3 rings (SSSR count). The van der Waals surface area contributed by atoms with Crippen LogP contribution < -0.4 is 10.6 Å². The quantitative estimate of drug-likeness (QED) is 0.318. The first-order valence-corrected chi connectivity index (χ1v) is 12.0. The number of hydrogen-bond acceptors (Lipinski definition) is 8. The van der Waals surface area contributed by atoms with Gasteiger partial charge in [-0.3, -0.25) is 4.79 Å². The largest absolute Gasteiger partial charge is 0.445 e. The first-order chi connectivity index (χ1) is 17.5. The molecule has 1 saturated heterocycles. The van der Waals surface area contributed by atoms with Crippen LogP contribution in [0.1, 0.15) is 25.3 Å². The second kappa shape index (κ2) is 13.8. The van der Waals surface area contributed by atoms with Crippen molar-refractivity contribution in [1.29, 1.82) is 0 Å². The molecular weight excluding hydrogens is 462 g/mol. The topological polar surface area (TPSA) is 123 Å². The number of hydrogen-bond donors (Lipinski definition) is 2. The van der Waals surface area contributed by atoms with E-state index in [1.165, 1.54) is 11.6 Å². The standard InChI is InChI=1S/C25H33N7O4/c1-4-16-35-19(3)22(27-25(34)36-17-5-2)23(33)31-15-9-12-21(31)18-32-24(28-29-30-32)26-14-13-20-10-7-6-8-11-20/h1,5-8,10-11,19,21-22H,2,9,12-18H2,3H3,(H,27,34)(H,26,28,30)/t19-,21+,22+/m1/s1. The van der Waals surface area contributed by atoms with E-state index >= 15 is 0 Å². The summed E-state index contributed by atoms with van der Waals surface area (Å²) in [7, 11) is 0. The van der Waals surface area contributed by atoms with Gasteiger partial charge < -0.3 is 25.0 Å². The van der Waals surface area contributed by atoms with Gasteiger partial charge in [0.25, 0.3) is 0 Å². The first-order valence-electron chi connectivity index (χ1n) is 12.0. The second-order valence-corrected chi connectivity index (χ2v) is 8.40. The van der Waals surface area contributed by atoms with E-state index in [9.17, 15) is 9.59 Å². The Balaban J connectivity index is 1.64. The van der Waals surface area contributed by atoms with E-state index in [0.29, 0.717) is 25.6 Å². The monoisotopic (exact) mass is 495 g/mol. The van der Waals surface area contributed by atoms with Crippen LogP contribution in [0.4, 0.5) is 10.7 Å². The van der Waals surface area contributed by atoms with Crippen LogP contribution >= 0.6 is 0 Å². The van der Waals surface area contributed by atoms with E-state index in [1.54, 1.807) is 16.5 Å². The molecule has 0 unspecified atom stereocenters. The van der Waals surface area contributed by atoms with Crippen LogP contribution in [0.15, 0.2) is 43.0 Å². The maximum atomic E-state index is 13.5. The third kappa shape index (κ3) is 7.55. The summed E-state index contributed by atoms with van der Waals surface area (Å²) in [5, 5.41) is 17.9. The zero-order chi connectivity index (χ0) is 25.8. The van der Waals surface area contributed by atoms with Gasteiger partial charge in [0, 0.05) is 13.1 Å². The highest BCUT2D eigenvalue weighted by Gasteiger charge is 2.37. The molecule has 1 fully saturated rings. The maximum absolute atomic E-state index is 13.5. The van der Waals surface area contributed by atoms with Gasteiger partial charge in [0.2, 0.25) is 11.9 Å². The summed E-state index contributed by atoms with van der Waals surface area (Å²) in [5.41, 5.74) is 1.21. The molecule has 0 bridgehead atoms. The van der Waals surface area contributed by atoms with E-state index in [-0.39, 0.29) is 25.2 Å². The molecule has 36 heavy (non-hydrogen) atoms. The number of carbonyl (C=O) groups is 2. The van der Waals surface area contributed by atoms with Crippen molar-refractivity contribution in [3.63, 3.8) is 0 Å². The number of anilines is 1. The fourth-order valence-corrected chi connectivity index (χ4v) is 4.07. The number of rotatable bonds is 13. The van der Waals surface area contributed by atoms with Crippen molar-refractivity contribution >= 4 is 17.9 Å². The number of nitrogens with zero attached hydrogens (tertiary/aromatic N) is 5. The molecule has 1 aromatic heterocycles. The third-order valence-electron chi connectivity index (χ3n) is 5.89. The van der Waals surface area contributed by atoms with Crippen LogP contribution in [0.3, 0.4) is 0 Å². The summed E-state index contributed by atoms with van der Waals surface area (Å²) < 4.78 is 12.2. The molecule has 2 N–H and O–H groups in total. The van der Waals surface area contributed by atoms with Crippen LogP contribution in [0.2, 0.25) is 0 Å². The SMILES string of the molecule is C#CCO[C@H](C)[C@H](NC(=O)OCC=C)C(=O)N1CCC[C@H]1Cn1nnnc1NCCc1ccccc1. The highest BCUT2D eigenvalue weighted by molar-refractivity contribution is 5.86. The maximum Gasteiger partial charge on any atom is 0.408 e. The molecule has 3 atom stereocenters. The Bertz CT molecular complexity index is 1040. The number of aromatic nitrogens is 4. The van der Waals surface area contributed by atoms with E-state index in [4.69, 9.17) is 15.9 Å². The van der Waals surface area contributed by atoms with Crippen molar-refractivity contribution in [3.05, 3.63) is 48.6 Å². The molecule has 0 radical (unpaired) electrons. The molecule has 0 aliphatic carbocycles. The summed E-state index contributed by atoms with van der Waals surface area (Å²) in [5.74, 6) is 2.65. The van der Waals surface area contributed by atoms with E-state index in [0.717, 1.165) is 19.3 Å². The van der Waals surface area contributed by atoms with Crippen molar-refractivity contribution in [2.24, 2.45) is 0 Å². The van der Waals surface area contributed by atoms with Crippen molar-refractivity contribution < 1.29 is 19.1 Å². The zero-order valence-corrected chi connectivity index (χ0v) is 20.5. The summed E-state index contributed by atoms with van der Waals surface area (Å²) in [6.45, 7) is 6.88. The Hall–Kier alpha value is -3.91. The number of ether oxygens (including phenoxy) is 2. The van der Waals surface area contributed by atoms with E-state index in [1.807, 2.05) is 18.2 Å². The van der Waals surface area contributed by atoms with E-state index in [2.05, 4.69) is 50.8 Å². The third-order valence-corrected chi connectivity index (χ3v) is 5.89. The predicted molar refractivity (Wildman–Crippen MR) is 134 cm³/mol. The molecule has 2 heterocycles. The number of likely N-dealkylation sites (tertiary alicyclic amines) is 1. The second-order valence-electron chi connectivity index (χ2n) is 8.40. The van der Waals surface area contributed by atoms with Gasteiger partial charge in [-0.1, -0.05) is 54.0 Å². The minimum absolute atomic E-state index is 0.0143. The number of terminal acetylenes is 1. The number of tetrazole rings is 1. The lowest BCUT2D eigenvalue weighted by atomic mass is 10.1. The van der Waals surface area contributed by atoms with Crippen molar-refractivity contribution in [1.82, 2.24) is 30.4 Å². The molecule has 1 aromatic carbocycles. The lowest BCUT2D eigenvalue weighted by Gasteiger charge is -2.31. The Morgan fingerprint density at radius 1 is 1.36 bits per heavy atom. The molecule has 2 aromatic rings. The Morgan fingerprint density at radius 2 is 2.17 bits per heavy atom. The first kappa shape index (κ1) is 26.7. The smallest absolute Gasteiger partial charge is 0.408 e. The van der Waals surface area contributed by atoms with Crippen LogP contribution in [0.5, 0.6) is 0 Å². The molecule has 1 aliphatic heterocycles. The Kier molecular flexibility index (Phi) is 10.3. The van der Waals surface area contributed by atoms with Crippen LogP contribution in [0.25, 0.3) is 0 Å². The summed E-state index contributed by atoms with van der Waals surface area (Å²) in [6.07, 6.45) is 7.79. The fraction of sp³-hybridized carbons (Fsp3) is 0.480. The summed E-state index contributed by atoms with van der Waals surface area (Å²) in [4.78, 5) is 27.5. The summed E-state index contributed by atoms with van der Waals surface area (Å²) >= 11 is 0. The van der Waals surface area contributed by atoms with Gasteiger partial charge in [-0.05, 0) is 42.2 Å². The number of amides is 2. The zero-order valence-electron chi connectivity index (χ0n) is 20.5. The summed E-state index contributed by atoms with van der Waals surface area (Å²) in [6, 6.07) is 9.02. The molecule has 0 saturated carbocycles. The minimum atomic E-state index is -0.964. The van der Waals surface area contributed by atoms with Crippen LogP contribution in [-0.2, 0) is 27.2 Å². The molecule has 11 heteroatoms. The predicted octanol–water partition coefficient (Wildman–Crippen LogP) is 1.64. The van der Waals surface area contributed by atoms with Gasteiger partial charge in [-0.2, -0.15) is 0 Å². The normalized spacial score (nSPS) is 16.6. The Labute approximate surface area is 211 Å². The molecule has 11 nitrogen and oxygen atoms in total. The fourth-order valence-electron chi connectivity index (χ4n) is 4.07. The highest BCUT2D eigenvalue weighted by atomic mass is 16.5. The number of carbonyl (C=O) groups excluding carboxylic acids is 2. The molecular formula is C25H33N7O4. The van der Waals surface area contributed by atoms with Gasteiger partial charge in [-0.15, -0.1) is 6.42 Å². The lowest BCUT2D eigenvalue weighted by molar-refractivity contribution is -0.138. The molecule has 2 amide bonds. The van der Waals surface area contributed by atoms with E-state index < -0.39 is 18.2 Å². The van der Waals surface area contributed by atoms with Gasteiger partial charge >= 0.3 is 6.09 Å².